The van der Waals surface area contributed by atoms with E-state index in [1.165, 1.54) is 24.3 Å². The highest BCUT2D eigenvalue weighted by atomic mass is 79.9. The molecule has 0 bridgehead atoms. The van der Waals surface area contributed by atoms with Crippen LogP contribution >= 0.6 is 39.1 Å². The van der Waals surface area contributed by atoms with Crippen molar-refractivity contribution in [3.05, 3.63) is 56.5 Å². The molecule has 0 heterocycles. The van der Waals surface area contributed by atoms with Gasteiger partial charge in [0.2, 0.25) is 0 Å². The van der Waals surface area contributed by atoms with Gasteiger partial charge in [-0.1, -0.05) is 51.3 Å². The van der Waals surface area contributed by atoms with Gasteiger partial charge >= 0.3 is 10.1 Å². The Morgan fingerprint density at radius 3 is 2.29 bits per heavy atom. The summed E-state index contributed by atoms with van der Waals surface area (Å²) in [7, 11) is -4.26. The molecule has 0 aromatic heterocycles. The first-order chi connectivity index (χ1) is 9.85. The van der Waals surface area contributed by atoms with E-state index in [9.17, 15) is 8.42 Å². The Hall–Kier alpha value is -1.26. The summed E-state index contributed by atoms with van der Waals surface area (Å²) in [6.07, 6.45) is 0. The SMILES string of the molecule is N#Cc1ccccc1OS(=O)(=O)c1c(Cl)cc(Br)cc1Cl. The standard InChI is InChI=1S/C13H6BrCl2NO3S/c14-9-5-10(15)13(11(16)6-9)21(18,19)20-12-4-2-1-3-8(12)7-17/h1-6H. The minimum atomic E-state index is -4.26. The molecule has 0 aliphatic rings. The Labute approximate surface area is 140 Å². The maximum atomic E-state index is 12.3. The first-order valence-corrected chi connectivity index (χ1v) is 8.39. The quantitative estimate of drug-likeness (QED) is 0.708. The third kappa shape index (κ3) is 3.50. The van der Waals surface area contributed by atoms with Crippen molar-refractivity contribution in [3.63, 3.8) is 0 Å². The Morgan fingerprint density at radius 1 is 1.14 bits per heavy atom. The summed E-state index contributed by atoms with van der Waals surface area (Å²) in [6, 6.07) is 10.6. The Morgan fingerprint density at radius 2 is 1.71 bits per heavy atom. The van der Waals surface area contributed by atoms with Gasteiger partial charge in [0, 0.05) is 4.47 Å². The molecule has 2 aromatic rings. The number of hydrogen-bond acceptors (Lipinski definition) is 4. The van der Waals surface area contributed by atoms with Crippen molar-refractivity contribution in [2.75, 3.05) is 0 Å². The van der Waals surface area contributed by atoms with E-state index < -0.39 is 10.1 Å². The predicted octanol–water partition coefficient (Wildman–Crippen LogP) is 4.40. The summed E-state index contributed by atoms with van der Waals surface area (Å²) < 4.78 is 30.1. The highest BCUT2D eigenvalue weighted by Crippen LogP contribution is 2.34. The van der Waals surface area contributed by atoms with Gasteiger partial charge in [0.25, 0.3) is 0 Å². The molecule has 8 heteroatoms. The molecule has 0 saturated heterocycles. The molecule has 0 aliphatic carbocycles. The average molecular weight is 407 g/mol. The summed E-state index contributed by atoms with van der Waals surface area (Å²) >= 11 is 15.0. The highest BCUT2D eigenvalue weighted by molar-refractivity contribution is 9.10. The van der Waals surface area contributed by atoms with Crippen molar-refractivity contribution in [1.29, 1.82) is 5.26 Å². The largest absolute Gasteiger partial charge is 0.377 e. The summed E-state index contributed by atoms with van der Waals surface area (Å²) in [5, 5.41) is 8.79. The van der Waals surface area contributed by atoms with Crippen molar-refractivity contribution in [3.8, 4) is 11.8 Å². The van der Waals surface area contributed by atoms with Crippen LogP contribution in [0.4, 0.5) is 0 Å². The molecule has 0 atom stereocenters. The number of halogens is 3. The van der Waals surface area contributed by atoms with Crippen LogP contribution in [0.15, 0.2) is 45.8 Å². The Bertz CT molecular complexity index is 824. The lowest BCUT2D eigenvalue weighted by atomic mass is 10.2. The molecule has 0 radical (unpaired) electrons. The van der Waals surface area contributed by atoms with Gasteiger partial charge in [0.15, 0.2) is 5.75 Å². The van der Waals surface area contributed by atoms with E-state index in [1.54, 1.807) is 12.1 Å². The monoisotopic (exact) mass is 405 g/mol. The van der Waals surface area contributed by atoms with Crippen LogP contribution in [0.3, 0.4) is 0 Å². The topological polar surface area (TPSA) is 67.2 Å². The number of para-hydroxylation sites is 1. The van der Waals surface area contributed by atoms with Crippen LogP contribution in [0.25, 0.3) is 0 Å². The molecule has 0 amide bonds. The molecule has 21 heavy (non-hydrogen) atoms. The average Bonchev–Trinajstić information content (AvgIpc) is 2.37. The van der Waals surface area contributed by atoms with Crippen LogP contribution in [0.5, 0.6) is 5.75 Å². The minimum absolute atomic E-state index is 0.0798. The van der Waals surface area contributed by atoms with E-state index in [1.807, 2.05) is 6.07 Å². The summed E-state index contributed by atoms with van der Waals surface area (Å²) in [5.41, 5.74) is 0.0884. The lowest BCUT2D eigenvalue weighted by Gasteiger charge is -2.11. The van der Waals surface area contributed by atoms with E-state index >= 15 is 0 Å². The number of nitrogens with zero attached hydrogens (tertiary/aromatic N) is 1. The molecule has 108 valence electrons. The van der Waals surface area contributed by atoms with Gasteiger partial charge < -0.3 is 4.18 Å². The molecule has 4 nitrogen and oxygen atoms in total. The molecule has 0 saturated carbocycles. The van der Waals surface area contributed by atoms with Gasteiger partial charge in [-0.15, -0.1) is 0 Å². The van der Waals surface area contributed by atoms with E-state index in [0.29, 0.717) is 4.47 Å². The smallest absolute Gasteiger partial charge is 0.342 e. The molecular weight excluding hydrogens is 401 g/mol. The maximum Gasteiger partial charge on any atom is 0.342 e. The van der Waals surface area contributed by atoms with Crippen LogP contribution in [0.1, 0.15) is 5.56 Å². The lowest BCUT2D eigenvalue weighted by molar-refractivity contribution is 0.485. The van der Waals surface area contributed by atoms with Gasteiger partial charge in [0.05, 0.1) is 15.6 Å². The molecule has 0 fully saturated rings. The zero-order chi connectivity index (χ0) is 15.6. The van der Waals surface area contributed by atoms with Crippen molar-refractivity contribution >= 4 is 49.2 Å². The molecule has 2 rings (SSSR count). The molecule has 0 spiro atoms. The number of benzene rings is 2. The normalized spacial score (nSPS) is 11.0. The molecule has 0 aliphatic heterocycles. The van der Waals surface area contributed by atoms with Gasteiger partial charge in [-0.3, -0.25) is 0 Å². The number of nitriles is 1. The van der Waals surface area contributed by atoms with Crippen molar-refractivity contribution in [1.82, 2.24) is 0 Å². The third-order valence-electron chi connectivity index (χ3n) is 2.42. The van der Waals surface area contributed by atoms with Gasteiger partial charge in [0.1, 0.15) is 11.0 Å². The summed E-state index contributed by atoms with van der Waals surface area (Å²) in [5.74, 6) is -0.0879. The van der Waals surface area contributed by atoms with E-state index in [2.05, 4.69) is 15.9 Å². The first kappa shape index (κ1) is 16.1. The van der Waals surface area contributed by atoms with Gasteiger partial charge in [-0.2, -0.15) is 13.7 Å². The summed E-state index contributed by atoms with van der Waals surface area (Å²) in [6.45, 7) is 0. The first-order valence-electron chi connectivity index (χ1n) is 5.43. The second-order valence-electron chi connectivity index (χ2n) is 3.84. The minimum Gasteiger partial charge on any atom is -0.377 e. The van der Waals surface area contributed by atoms with E-state index in [0.717, 1.165) is 0 Å². The van der Waals surface area contributed by atoms with Crippen LogP contribution in [-0.4, -0.2) is 8.42 Å². The highest BCUT2D eigenvalue weighted by Gasteiger charge is 2.25. The number of rotatable bonds is 3. The van der Waals surface area contributed by atoms with Crippen LogP contribution in [0.2, 0.25) is 10.0 Å². The zero-order valence-electron chi connectivity index (χ0n) is 10.2. The Balaban J connectivity index is 2.52. The molecule has 0 N–H and O–H groups in total. The van der Waals surface area contributed by atoms with Gasteiger partial charge in [-0.05, 0) is 24.3 Å². The fourth-order valence-corrected chi connectivity index (χ4v) is 4.40. The molecule has 0 unspecified atom stereocenters. The number of hydrogen-bond donors (Lipinski definition) is 0. The van der Waals surface area contributed by atoms with Crippen molar-refractivity contribution in [2.45, 2.75) is 4.90 Å². The second-order valence-corrected chi connectivity index (χ2v) is 7.06. The van der Waals surface area contributed by atoms with Crippen LogP contribution in [-0.2, 0) is 10.1 Å². The van der Waals surface area contributed by atoms with E-state index in [-0.39, 0.29) is 26.3 Å². The second kappa shape index (κ2) is 6.24. The third-order valence-corrected chi connectivity index (χ3v) is 5.04. The Kier molecular flexibility index (Phi) is 4.79. The van der Waals surface area contributed by atoms with Gasteiger partial charge in [-0.25, -0.2) is 0 Å². The van der Waals surface area contributed by atoms with Crippen LogP contribution in [0, 0.1) is 11.3 Å². The van der Waals surface area contributed by atoms with E-state index in [4.69, 9.17) is 32.6 Å². The van der Waals surface area contributed by atoms with Crippen LogP contribution < -0.4 is 4.18 Å². The lowest BCUT2D eigenvalue weighted by Crippen LogP contribution is -2.12. The predicted molar refractivity (Wildman–Crippen MR) is 83.1 cm³/mol. The van der Waals surface area contributed by atoms with Crippen molar-refractivity contribution < 1.29 is 12.6 Å². The fourth-order valence-electron chi connectivity index (χ4n) is 1.56. The van der Waals surface area contributed by atoms with Crippen molar-refractivity contribution in [2.24, 2.45) is 0 Å². The zero-order valence-corrected chi connectivity index (χ0v) is 14.1. The fraction of sp³-hybridized carbons (Fsp3) is 0. The molecule has 2 aromatic carbocycles. The molecular formula is C13H6BrCl2NO3S. The maximum absolute atomic E-state index is 12.3. The summed E-state index contributed by atoms with van der Waals surface area (Å²) in [4.78, 5) is -0.346.